The number of carboxylic acid groups (broad SMARTS) is 1. The molecule has 0 aromatic carbocycles. The van der Waals surface area contributed by atoms with Crippen molar-refractivity contribution < 1.29 is 9.90 Å². The molecular weight excluding hydrogens is 146 g/mol. The second kappa shape index (κ2) is 2.96. The predicted molar refractivity (Wildman–Crippen MR) is 37.7 cm³/mol. The van der Waals surface area contributed by atoms with Crippen LogP contribution in [0.4, 0.5) is 0 Å². The molecule has 0 amide bonds. The molecule has 1 heterocycles. The molecule has 11 heavy (non-hydrogen) atoms. The van der Waals surface area contributed by atoms with E-state index < -0.39 is 5.97 Å². The van der Waals surface area contributed by atoms with E-state index in [0.29, 0.717) is 5.69 Å². The molecule has 0 aliphatic carbocycles. The lowest BCUT2D eigenvalue weighted by molar-refractivity contribution is -0.132. The van der Waals surface area contributed by atoms with Crippen LogP contribution in [0.3, 0.4) is 0 Å². The molecule has 0 aliphatic heterocycles. The van der Waals surface area contributed by atoms with Crippen molar-refractivity contribution in [2.75, 3.05) is 0 Å². The summed E-state index contributed by atoms with van der Waals surface area (Å²) in [6.07, 6.45) is 2.96. The van der Waals surface area contributed by atoms with Gasteiger partial charge in [-0.1, -0.05) is 5.21 Å². The number of carboxylic acids is 1. The minimum atomic E-state index is -0.951. The first-order valence-corrected chi connectivity index (χ1v) is 2.98. The van der Waals surface area contributed by atoms with Crippen LogP contribution in [-0.2, 0) is 4.79 Å². The molecule has 2 N–H and O–H groups in total. The highest BCUT2D eigenvalue weighted by molar-refractivity contribution is 5.90. The van der Waals surface area contributed by atoms with Crippen molar-refractivity contribution in [1.82, 2.24) is 15.4 Å². The SMILES string of the molecule is CC(=Cc1c[nH]nn1)C(=O)O. The van der Waals surface area contributed by atoms with Gasteiger partial charge in [0.15, 0.2) is 0 Å². The number of nitrogens with zero attached hydrogens (tertiary/aromatic N) is 2. The predicted octanol–water partition coefficient (Wildman–Crippen LogP) is 0.293. The molecule has 0 aliphatic rings. The number of rotatable bonds is 2. The van der Waals surface area contributed by atoms with Crippen molar-refractivity contribution in [3.8, 4) is 0 Å². The van der Waals surface area contributed by atoms with E-state index in [4.69, 9.17) is 5.11 Å². The number of aromatic nitrogens is 3. The normalized spacial score (nSPS) is 11.5. The number of H-pyrrole nitrogens is 1. The van der Waals surface area contributed by atoms with Crippen molar-refractivity contribution >= 4 is 12.0 Å². The molecule has 0 fully saturated rings. The minimum absolute atomic E-state index is 0.235. The summed E-state index contributed by atoms with van der Waals surface area (Å²) in [5.74, 6) is -0.951. The van der Waals surface area contributed by atoms with Crippen LogP contribution >= 0.6 is 0 Å². The minimum Gasteiger partial charge on any atom is -0.478 e. The number of hydrogen-bond donors (Lipinski definition) is 2. The van der Waals surface area contributed by atoms with Crippen molar-refractivity contribution in [2.24, 2.45) is 0 Å². The lowest BCUT2D eigenvalue weighted by atomic mass is 10.2. The second-order valence-corrected chi connectivity index (χ2v) is 2.03. The zero-order valence-corrected chi connectivity index (χ0v) is 5.90. The van der Waals surface area contributed by atoms with E-state index in [1.165, 1.54) is 19.2 Å². The van der Waals surface area contributed by atoms with E-state index in [1.807, 2.05) is 0 Å². The third-order valence-corrected chi connectivity index (χ3v) is 1.14. The molecular formula is C6H7N3O2. The van der Waals surface area contributed by atoms with Gasteiger partial charge in [0.1, 0.15) is 5.69 Å². The topological polar surface area (TPSA) is 78.9 Å². The summed E-state index contributed by atoms with van der Waals surface area (Å²) in [6, 6.07) is 0. The second-order valence-electron chi connectivity index (χ2n) is 2.03. The number of aromatic amines is 1. The summed E-state index contributed by atoms with van der Waals surface area (Å²) in [5.41, 5.74) is 0.754. The Kier molecular flexibility index (Phi) is 2.00. The highest BCUT2D eigenvalue weighted by Crippen LogP contribution is 2.00. The molecule has 0 bridgehead atoms. The van der Waals surface area contributed by atoms with E-state index in [9.17, 15) is 4.79 Å². The molecule has 0 saturated heterocycles. The molecule has 1 aromatic rings. The molecule has 1 aromatic heterocycles. The molecule has 0 unspecified atom stereocenters. The number of nitrogens with one attached hydrogen (secondary N) is 1. The summed E-state index contributed by atoms with van der Waals surface area (Å²) in [6.45, 7) is 1.50. The van der Waals surface area contributed by atoms with E-state index in [1.54, 1.807) is 0 Å². The Morgan fingerprint density at radius 1 is 1.82 bits per heavy atom. The molecule has 5 nitrogen and oxygen atoms in total. The fourth-order valence-corrected chi connectivity index (χ4v) is 0.565. The van der Waals surface area contributed by atoms with Gasteiger partial charge in [-0.3, -0.25) is 5.10 Å². The van der Waals surface area contributed by atoms with E-state index in [-0.39, 0.29) is 5.57 Å². The summed E-state index contributed by atoms with van der Waals surface area (Å²) < 4.78 is 0. The van der Waals surface area contributed by atoms with Gasteiger partial charge in [0.2, 0.25) is 0 Å². The van der Waals surface area contributed by atoms with Crippen molar-refractivity contribution in [2.45, 2.75) is 6.92 Å². The average molecular weight is 153 g/mol. The lowest BCUT2D eigenvalue weighted by Gasteiger charge is -1.87. The van der Waals surface area contributed by atoms with Gasteiger partial charge in [0.25, 0.3) is 0 Å². The fourth-order valence-electron chi connectivity index (χ4n) is 0.565. The van der Waals surface area contributed by atoms with Crippen molar-refractivity contribution in [3.63, 3.8) is 0 Å². The van der Waals surface area contributed by atoms with Gasteiger partial charge in [0.05, 0.1) is 0 Å². The number of hydrogen-bond acceptors (Lipinski definition) is 3. The Bertz CT molecular complexity index is 276. The zero-order chi connectivity index (χ0) is 8.27. The Morgan fingerprint density at radius 2 is 2.55 bits per heavy atom. The Balaban J connectivity index is 2.82. The van der Waals surface area contributed by atoms with Crippen LogP contribution < -0.4 is 0 Å². The quantitative estimate of drug-likeness (QED) is 0.598. The first-order chi connectivity index (χ1) is 5.20. The van der Waals surface area contributed by atoms with Crippen LogP contribution in [-0.4, -0.2) is 26.5 Å². The highest BCUT2D eigenvalue weighted by atomic mass is 16.4. The largest absolute Gasteiger partial charge is 0.478 e. The summed E-state index contributed by atoms with van der Waals surface area (Å²) in [4.78, 5) is 10.3. The number of carbonyl (C=O) groups is 1. The summed E-state index contributed by atoms with van der Waals surface area (Å²) in [7, 11) is 0. The van der Waals surface area contributed by atoms with Gasteiger partial charge in [-0.25, -0.2) is 4.79 Å². The van der Waals surface area contributed by atoms with Gasteiger partial charge < -0.3 is 5.11 Å². The van der Waals surface area contributed by atoms with Gasteiger partial charge >= 0.3 is 5.97 Å². The van der Waals surface area contributed by atoms with Gasteiger partial charge in [0, 0.05) is 11.8 Å². The molecule has 58 valence electrons. The maximum atomic E-state index is 10.3. The molecule has 0 spiro atoms. The Hall–Kier alpha value is -1.65. The van der Waals surface area contributed by atoms with Crippen molar-refractivity contribution in [3.05, 3.63) is 17.5 Å². The maximum absolute atomic E-state index is 10.3. The Labute approximate surface area is 62.7 Å². The molecule has 0 atom stereocenters. The van der Waals surface area contributed by atoms with Crippen LogP contribution in [0.2, 0.25) is 0 Å². The van der Waals surface area contributed by atoms with Gasteiger partial charge in [-0.05, 0) is 13.0 Å². The molecule has 0 radical (unpaired) electrons. The van der Waals surface area contributed by atoms with Gasteiger partial charge in [-0.15, -0.1) is 5.10 Å². The van der Waals surface area contributed by atoms with Crippen LogP contribution in [0.5, 0.6) is 0 Å². The highest BCUT2D eigenvalue weighted by Gasteiger charge is 2.00. The molecule has 5 heteroatoms. The monoisotopic (exact) mass is 153 g/mol. The van der Waals surface area contributed by atoms with Crippen LogP contribution in [0.1, 0.15) is 12.6 Å². The third-order valence-electron chi connectivity index (χ3n) is 1.14. The first kappa shape index (κ1) is 7.46. The third kappa shape index (κ3) is 1.89. The average Bonchev–Trinajstić information content (AvgIpc) is 2.39. The van der Waals surface area contributed by atoms with Gasteiger partial charge in [-0.2, -0.15) is 0 Å². The van der Waals surface area contributed by atoms with E-state index in [2.05, 4.69) is 15.4 Å². The maximum Gasteiger partial charge on any atom is 0.331 e. The standard InChI is InChI=1S/C6H7N3O2/c1-4(6(10)11)2-5-3-7-9-8-5/h2-3H,1H3,(H,10,11)(H,7,8,9). The summed E-state index contributed by atoms with van der Waals surface area (Å²) in [5, 5.41) is 17.9. The zero-order valence-electron chi connectivity index (χ0n) is 5.90. The van der Waals surface area contributed by atoms with Crippen molar-refractivity contribution in [1.29, 1.82) is 0 Å². The number of aliphatic carboxylic acids is 1. The lowest BCUT2D eigenvalue weighted by Crippen LogP contribution is -1.95. The molecule has 0 saturated carbocycles. The van der Waals surface area contributed by atoms with Crippen LogP contribution in [0, 0.1) is 0 Å². The first-order valence-electron chi connectivity index (χ1n) is 2.98. The van der Waals surface area contributed by atoms with E-state index in [0.717, 1.165) is 0 Å². The molecule has 1 rings (SSSR count). The van der Waals surface area contributed by atoms with E-state index >= 15 is 0 Å². The smallest absolute Gasteiger partial charge is 0.331 e. The summed E-state index contributed by atoms with van der Waals surface area (Å²) >= 11 is 0. The fraction of sp³-hybridized carbons (Fsp3) is 0.167. The Morgan fingerprint density at radius 3 is 3.00 bits per heavy atom. The van der Waals surface area contributed by atoms with Crippen LogP contribution in [0.15, 0.2) is 11.8 Å². The van der Waals surface area contributed by atoms with Crippen LogP contribution in [0.25, 0.3) is 6.08 Å².